The Morgan fingerprint density at radius 2 is 1.76 bits per heavy atom. The van der Waals surface area contributed by atoms with Gasteiger partial charge in [-0.1, -0.05) is 28.8 Å². The maximum absolute atomic E-state index is 12.8. The van der Waals surface area contributed by atoms with E-state index in [0.29, 0.717) is 23.0 Å². The van der Waals surface area contributed by atoms with Crippen LogP contribution >= 0.6 is 31.9 Å². The summed E-state index contributed by atoms with van der Waals surface area (Å²) < 4.78 is 1.37. The number of halogens is 2. The molecule has 2 fully saturated rings. The minimum absolute atomic E-state index is 0.424. The third-order valence-electron chi connectivity index (χ3n) is 4.08. The topological polar surface area (TPSA) is 66.5 Å². The van der Waals surface area contributed by atoms with Gasteiger partial charge in [0.2, 0.25) is 5.91 Å². The number of imide groups is 2. The average molecular weight is 416 g/mol. The SMILES string of the molecule is O=C1NC(=O)C2(CCCC2)C(=O)N1c1cc(Br)ccc1Br. The Morgan fingerprint density at radius 1 is 1.10 bits per heavy atom. The molecule has 1 heterocycles. The number of urea groups is 1. The summed E-state index contributed by atoms with van der Waals surface area (Å²) in [6.07, 6.45) is 2.63. The van der Waals surface area contributed by atoms with Crippen molar-refractivity contribution in [2.75, 3.05) is 4.90 Å². The molecule has 21 heavy (non-hydrogen) atoms. The van der Waals surface area contributed by atoms with Gasteiger partial charge in [-0.3, -0.25) is 14.9 Å². The highest BCUT2D eigenvalue weighted by Crippen LogP contribution is 2.44. The molecule has 0 unspecified atom stereocenters. The van der Waals surface area contributed by atoms with Crippen LogP contribution in [0.25, 0.3) is 0 Å². The van der Waals surface area contributed by atoms with Crippen LogP contribution in [0.5, 0.6) is 0 Å². The first kappa shape index (κ1) is 14.7. The van der Waals surface area contributed by atoms with Crippen molar-refractivity contribution in [3.05, 3.63) is 27.1 Å². The van der Waals surface area contributed by atoms with Crippen LogP contribution in [0.15, 0.2) is 27.1 Å². The molecule has 1 N–H and O–H groups in total. The molecule has 1 saturated carbocycles. The van der Waals surface area contributed by atoms with Gasteiger partial charge in [-0.15, -0.1) is 0 Å². The maximum atomic E-state index is 12.8. The standard InChI is InChI=1S/C14H12Br2N2O3/c15-8-3-4-9(16)10(7-8)18-12(20)14(5-1-2-6-14)11(19)17-13(18)21/h3-4,7H,1-2,5-6H2,(H,17,19,21). The number of anilines is 1. The zero-order valence-corrected chi connectivity index (χ0v) is 14.2. The number of benzene rings is 1. The molecule has 1 spiro atoms. The van der Waals surface area contributed by atoms with Gasteiger partial charge in [0.15, 0.2) is 0 Å². The van der Waals surface area contributed by atoms with Crippen molar-refractivity contribution in [3.8, 4) is 0 Å². The minimum Gasteiger partial charge on any atom is -0.276 e. The first-order chi connectivity index (χ1) is 9.95. The van der Waals surface area contributed by atoms with E-state index >= 15 is 0 Å². The summed E-state index contributed by atoms with van der Waals surface area (Å²) in [5.41, 5.74) is -0.652. The van der Waals surface area contributed by atoms with Crippen molar-refractivity contribution < 1.29 is 14.4 Å². The van der Waals surface area contributed by atoms with Crippen molar-refractivity contribution in [2.24, 2.45) is 5.41 Å². The molecule has 1 saturated heterocycles. The van der Waals surface area contributed by atoms with Crippen molar-refractivity contribution in [1.82, 2.24) is 5.32 Å². The lowest BCUT2D eigenvalue weighted by molar-refractivity contribution is -0.142. The molecule has 110 valence electrons. The summed E-state index contributed by atoms with van der Waals surface area (Å²) in [6.45, 7) is 0. The quantitative estimate of drug-likeness (QED) is 0.715. The number of nitrogens with one attached hydrogen (secondary N) is 1. The van der Waals surface area contributed by atoms with Gasteiger partial charge in [-0.2, -0.15) is 0 Å². The van der Waals surface area contributed by atoms with E-state index in [4.69, 9.17) is 0 Å². The molecule has 1 aliphatic carbocycles. The molecule has 1 aliphatic heterocycles. The lowest BCUT2D eigenvalue weighted by Gasteiger charge is -2.37. The number of nitrogens with zero attached hydrogens (tertiary/aromatic N) is 1. The minimum atomic E-state index is -1.09. The van der Waals surface area contributed by atoms with Crippen molar-refractivity contribution >= 4 is 55.4 Å². The van der Waals surface area contributed by atoms with Gasteiger partial charge in [0.05, 0.1) is 5.69 Å². The van der Waals surface area contributed by atoms with Gasteiger partial charge in [-0.05, 0) is 47.0 Å². The van der Waals surface area contributed by atoms with Crippen LogP contribution in [0.2, 0.25) is 0 Å². The van der Waals surface area contributed by atoms with E-state index in [2.05, 4.69) is 37.2 Å². The number of hydrogen-bond acceptors (Lipinski definition) is 3. The molecule has 0 bridgehead atoms. The summed E-state index contributed by atoms with van der Waals surface area (Å²) in [5.74, 6) is -0.884. The molecule has 0 radical (unpaired) electrons. The van der Waals surface area contributed by atoms with E-state index in [-0.39, 0.29) is 0 Å². The molecule has 4 amide bonds. The molecule has 1 aromatic rings. The predicted octanol–water partition coefficient (Wildman–Crippen LogP) is 3.35. The molecule has 0 atom stereocenters. The van der Waals surface area contributed by atoms with Crippen molar-refractivity contribution in [1.29, 1.82) is 0 Å². The van der Waals surface area contributed by atoms with Gasteiger partial charge >= 0.3 is 6.03 Å². The van der Waals surface area contributed by atoms with Crippen LogP contribution in [-0.2, 0) is 9.59 Å². The summed E-state index contributed by atoms with van der Waals surface area (Å²) in [6, 6.07) is 4.54. The van der Waals surface area contributed by atoms with Gasteiger partial charge in [0, 0.05) is 8.95 Å². The molecule has 3 rings (SSSR count). The number of barbiturate groups is 1. The fraction of sp³-hybridized carbons (Fsp3) is 0.357. The average Bonchev–Trinajstić information content (AvgIpc) is 2.92. The van der Waals surface area contributed by atoms with Gasteiger partial charge in [0.25, 0.3) is 5.91 Å². The summed E-state index contributed by atoms with van der Waals surface area (Å²) in [4.78, 5) is 38.2. The summed E-state index contributed by atoms with van der Waals surface area (Å²) in [5, 5.41) is 2.33. The first-order valence-corrected chi connectivity index (χ1v) is 8.19. The van der Waals surface area contributed by atoms with Crippen LogP contribution in [0.1, 0.15) is 25.7 Å². The van der Waals surface area contributed by atoms with E-state index in [1.165, 1.54) is 0 Å². The number of carbonyl (C=O) groups excluding carboxylic acids is 3. The number of amides is 4. The third-order valence-corrected chi connectivity index (χ3v) is 5.24. The molecule has 7 heteroatoms. The fourth-order valence-corrected chi connectivity index (χ4v) is 3.74. The van der Waals surface area contributed by atoms with E-state index in [0.717, 1.165) is 22.2 Å². The van der Waals surface area contributed by atoms with E-state index in [9.17, 15) is 14.4 Å². The lowest BCUT2D eigenvalue weighted by atomic mass is 9.82. The Kier molecular flexibility index (Phi) is 3.65. The Balaban J connectivity index is 2.09. The second-order valence-electron chi connectivity index (χ2n) is 5.28. The summed E-state index contributed by atoms with van der Waals surface area (Å²) >= 11 is 6.69. The van der Waals surface area contributed by atoms with E-state index < -0.39 is 23.3 Å². The monoisotopic (exact) mass is 414 g/mol. The van der Waals surface area contributed by atoms with Crippen LogP contribution in [-0.4, -0.2) is 17.8 Å². The van der Waals surface area contributed by atoms with Crippen LogP contribution in [0.4, 0.5) is 10.5 Å². The number of hydrogen-bond donors (Lipinski definition) is 1. The van der Waals surface area contributed by atoms with Gasteiger partial charge in [0.1, 0.15) is 5.41 Å². The second kappa shape index (κ2) is 5.21. The Labute approximate surface area is 138 Å². The Bertz CT molecular complexity index is 654. The maximum Gasteiger partial charge on any atom is 0.335 e. The second-order valence-corrected chi connectivity index (χ2v) is 7.05. The highest BCUT2D eigenvalue weighted by atomic mass is 79.9. The highest BCUT2D eigenvalue weighted by molar-refractivity contribution is 9.11. The zero-order valence-electron chi connectivity index (χ0n) is 11.0. The third kappa shape index (κ3) is 2.23. The molecule has 0 aromatic heterocycles. The van der Waals surface area contributed by atoms with E-state index in [1.807, 2.05) is 0 Å². The fourth-order valence-electron chi connectivity index (χ4n) is 2.97. The van der Waals surface area contributed by atoms with Gasteiger partial charge < -0.3 is 0 Å². The number of rotatable bonds is 1. The highest BCUT2D eigenvalue weighted by Gasteiger charge is 2.55. The molecule has 5 nitrogen and oxygen atoms in total. The molecule has 2 aliphatic rings. The van der Waals surface area contributed by atoms with Crippen LogP contribution < -0.4 is 10.2 Å². The predicted molar refractivity (Wildman–Crippen MR) is 83.8 cm³/mol. The first-order valence-electron chi connectivity index (χ1n) is 6.61. The zero-order chi connectivity index (χ0) is 15.2. The molecular weight excluding hydrogens is 404 g/mol. The van der Waals surface area contributed by atoms with Gasteiger partial charge in [-0.25, -0.2) is 9.69 Å². The normalized spacial score (nSPS) is 21.0. The Morgan fingerprint density at radius 3 is 2.43 bits per heavy atom. The van der Waals surface area contributed by atoms with Crippen LogP contribution in [0.3, 0.4) is 0 Å². The lowest BCUT2D eigenvalue weighted by Crippen LogP contribution is -2.63. The molecular formula is C14H12Br2N2O3. The largest absolute Gasteiger partial charge is 0.335 e. The van der Waals surface area contributed by atoms with Crippen molar-refractivity contribution in [2.45, 2.75) is 25.7 Å². The smallest absolute Gasteiger partial charge is 0.276 e. The van der Waals surface area contributed by atoms with Crippen LogP contribution in [0, 0.1) is 5.41 Å². The molecule has 1 aromatic carbocycles. The summed E-state index contributed by atoms with van der Waals surface area (Å²) in [7, 11) is 0. The van der Waals surface area contributed by atoms with E-state index in [1.54, 1.807) is 18.2 Å². The van der Waals surface area contributed by atoms with Crippen molar-refractivity contribution in [3.63, 3.8) is 0 Å². The Hall–Kier alpha value is -1.21. The number of carbonyl (C=O) groups is 3.